The van der Waals surface area contributed by atoms with Crippen LogP contribution < -0.4 is 9.47 Å². The van der Waals surface area contributed by atoms with Gasteiger partial charge >= 0.3 is 11.9 Å². The first-order valence-corrected chi connectivity index (χ1v) is 7.82. The van der Waals surface area contributed by atoms with Crippen LogP contribution in [0.2, 0.25) is 0 Å². The van der Waals surface area contributed by atoms with Crippen molar-refractivity contribution < 1.29 is 24.2 Å². The average Bonchev–Trinajstić information content (AvgIpc) is 2.50. The Morgan fingerprint density at radius 2 is 2.13 bits per heavy atom. The van der Waals surface area contributed by atoms with Crippen molar-refractivity contribution in [2.24, 2.45) is 5.92 Å². The first-order valence-electron chi connectivity index (χ1n) is 7.82. The topological polar surface area (TPSA) is 72.8 Å². The maximum absolute atomic E-state index is 12.0. The van der Waals surface area contributed by atoms with Crippen LogP contribution in [-0.4, -0.2) is 17.0 Å². The largest absolute Gasteiger partial charge is 0.507 e. The molecule has 0 aliphatic carbocycles. The van der Waals surface area contributed by atoms with Crippen molar-refractivity contribution in [2.45, 2.75) is 46.5 Å². The van der Waals surface area contributed by atoms with E-state index in [-0.39, 0.29) is 35.1 Å². The number of esters is 2. The van der Waals surface area contributed by atoms with Crippen molar-refractivity contribution in [3.8, 4) is 17.2 Å². The second-order valence-electron chi connectivity index (χ2n) is 5.82. The lowest BCUT2D eigenvalue weighted by Crippen LogP contribution is -2.29. The molecule has 2 rings (SSSR count). The zero-order valence-electron chi connectivity index (χ0n) is 13.9. The summed E-state index contributed by atoms with van der Waals surface area (Å²) in [5.41, 5.74) is 1.07. The van der Waals surface area contributed by atoms with Gasteiger partial charge in [-0.15, -0.1) is 0 Å². The zero-order chi connectivity index (χ0) is 17.1. The average molecular weight is 318 g/mol. The van der Waals surface area contributed by atoms with Gasteiger partial charge in [0.15, 0.2) is 0 Å². The summed E-state index contributed by atoms with van der Waals surface area (Å²) in [5, 5.41) is 10.3. The Kier molecular flexibility index (Phi) is 5.08. The molecule has 2 atom stereocenters. The summed E-state index contributed by atoms with van der Waals surface area (Å²) in [7, 11) is 0. The van der Waals surface area contributed by atoms with E-state index in [2.05, 4.69) is 0 Å². The summed E-state index contributed by atoms with van der Waals surface area (Å²) in [6, 6.07) is 2.89. The standard InChI is InChI=1S/C18H22O5/c1-5-7-13-11(4)18(21)23-15-9-12(8-14(19)16(13)15)22-17(20)10(3)6-2/h6,8-9,11,13,19H,5,7H2,1-4H3/b10-6+. The number of allylic oxidation sites excluding steroid dienone is 1. The van der Waals surface area contributed by atoms with Gasteiger partial charge in [-0.2, -0.15) is 0 Å². The first kappa shape index (κ1) is 17.1. The lowest BCUT2D eigenvalue weighted by molar-refractivity contribution is -0.140. The molecule has 0 bridgehead atoms. The first-order chi connectivity index (χ1) is 10.9. The van der Waals surface area contributed by atoms with Crippen molar-refractivity contribution >= 4 is 11.9 Å². The number of hydrogen-bond donors (Lipinski definition) is 1. The molecule has 0 amide bonds. The molecule has 0 saturated carbocycles. The van der Waals surface area contributed by atoms with Crippen LogP contribution in [-0.2, 0) is 9.59 Å². The predicted octanol–water partition coefficient (Wildman–Crippen LogP) is 3.70. The van der Waals surface area contributed by atoms with E-state index < -0.39 is 5.97 Å². The number of phenols is 1. The predicted molar refractivity (Wildman–Crippen MR) is 85.6 cm³/mol. The number of ether oxygens (including phenoxy) is 2. The molecule has 2 unspecified atom stereocenters. The fourth-order valence-electron chi connectivity index (χ4n) is 2.73. The van der Waals surface area contributed by atoms with Gasteiger partial charge in [0.2, 0.25) is 0 Å². The number of benzene rings is 1. The molecule has 1 aromatic rings. The van der Waals surface area contributed by atoms with Crippen LogP contribution in [0.4, 0.5) is 0 Å². The minimum atomic E-state index is -0.507. The van der Waals surface area contributed by atoms with Crippen LogP contribution in [0.25, 0.3) is 0 Å². The van der Waals surface area contributed by atoms with Crippen molar-refractivity contribution in [3.05, 3.63) is 29.3 Å². The van der Waals surface area contributed by atoms with E-state index in [1.807, 2.05) is 6.92 Å². The van der Waals surface area contributed by atoms with Gasteiger partial charge in [0.05, 0.1) is 5.92 Å². The third-order valence-corrected chi connectivity index (χ3v) is 4.22. The number of hydrogen-bond acceptors (Lipinski definition) is 5. The number of aromatic hydroxyl groups is 1. The van der Waals surface area contributed by atoms with E-state index in [0.29, 0.717) is 11.1 Å². The van der Waals surface area contributed by atoms with E-state index >= 15 is 0 Å². The molecule has 5 nitrogen and oxygen atoms in total. The number of carbonyl (C=O) groups is 2. The molecule has 1 heterocycles. The summed E-state index contributed by atoms with van der Waals surface area (Å²) in [5.74, 6) is -0.833. The SMILES string of the molecule is C/C=C(\C)C(=O)Oc1cc(O)c2c(c1)OC(=O)C(C)C2CCC. The van der Waals surface area contributed by atoms with Gasteiger partial charge in [-0.25, -0.2) is 4.79 Å². The molecule has 0 fully saturated rings. The van der Waals surface area contributed by atoms with Gasteiger partial charge in [-0.05, 0) is 20.3 Å². The highest BCUT2D eigenvalue weighted by Gasteiger charge is 2.36. The molecule has 23 heavy (non-hydrogen) atoms. The van der Waals surface area contributed by atoms with Gasteiger partial charge < -0.3 is 14.6 Å². The molecule has 1 aliphatic rings. The van der Waals surface area contributed by atoms with Crippen LogP contribution in [0.1, 0.15) is 52.0 Å². The molecule has 1 aliphatic heterocycles. The molecule has 5 heteroatoms. The highest BCUT2D eigenvalue weighted by atomic mass is 16.5. The minimum absolute atomic E-state index is 0.0127. The number of rotatable bonds is 4. The monoisotopic (exact) mass is 318 g/mol. The van der Waals surface area contributed by atoms with Gasteiger partial charge in [-0.3, -0.25) is 4.79 Å². The van der Waals surface area contributed by atoms with E-state index in [9.17, 15) is 14.7 Å². The second kappa shape index (κ2) is 6.86. The van der Waals surface area contributed by atoms with Crippen molar-refractivity contribution in [2.75, 3.05) is 0 Å². The molecular weight excluding hydrogens is 296 g/mol. The van der Waals surface area contributed by atoms with E-state index in [1.54, 1.807) is 26.8 Å². The highest BCUT2D eigenvalue weighted by molar-refractivity contribution is 5.89. The van der Waals surface area contributed by atoms with Gasteiger partial charge in [0.25, 0.3) is 0 Å². The summed E-state index contributed by atoms with van der Waals surface area (Å²) < 4.78 is 10.5. The zero-order valence-corrected chi connectivity index (χ0v) is 13.9. The van der Waals surface area contributed by atoms with Crippen molar-refractivity contribution in [3.63, 3.8) is 0 Å². The quantitative estimate of drug-likeness (QED) is 0.520. The number of carbonyl (C=O) groups excluding carboxylic acids is 2. The smallest absolute Gasteiger partial charge is 0.338 e. The lowest BCUT2D eigenvalue weighted by Gasteiger charge is -2.30. The summed E-state index contributed by atoms with van der Waals surface area (Å²) in [4.78, 5) is 23.8. The Bertz CT molecular complexity index is 660. The van der Waals surface area contributed by atoms with Crippen LogP contribution in [0.3, 0.4) is 0 Å². The van der Waals surface area contributed by atoms with Gasteiger partial charge in [0, 0.05) is 29.2 Å². The molecule has 1 aromatic carbocycles. The molecule has 0 radical (unpaired) electrons. The Morgan fingerprint density at radius 1 is 1.43 bits per heavy atom. The second-order valence-corrected chi connectivity index (χ2v) is 5.82. The third-order valence-electron chi connectivity index (χ3n) is 4.22. The highest BCUT2D eigenvalue weighted by Crippen LogP contribution is 2.47. The van der Waals surface area contributed by atoms with Gasteiger partial charge in [-0.1, -0.05) is 26.3 Å². The number of fused-ring (bicyclic) bond motifs is 1. The van der Waals surface area contributed by atoms with Crippen molar-refractivity contribution in [1.29, 1.82) is 0 Å². The Morgan fingerprint density at radius 3 is 2.74 bits per heavy atom. The van der Waals surface area contributed by atoms with Crippen LogP contribution in [0.5, 0.6) is 17.2 Å². The van der Waals surface area contributed by atoms with Gasteiger partial charge in [0.1, 0.15) is 17.2 Å². The summed E-state index contributed by atoms with van der Waals surface area (Å²) >= 11 is 0. The minimum Gasteiger partial charge on any atom is -0.507 e. The Labute approximate surface area is 135 Å². The van der Waals surface area contributed by atoms with Crippen LogP contribution >= 0.6 is 0 Å². The van der Waals surface area contributed by atoms with E-state index in [4.69, 9.17) is 9.47 Å². The normalized spacial score (nSPS) is 20.7. The fourth-order valence-corrected chi connectivity index (χ4v) is 2.73. The molecule has 124 valence electrons. The summed E-state index contributed by atoms with van der Waals surface area (Å²) in [6.45, 7) is 7.20. The molecule has 0 saturated heterocycles. The van der Waals surface area contributed by atoms with E-state index in [0.717, 1.165) is 12.8 Å². The molecular formula is C18H22O5. The summed E-state index contributed by atoms with van der Waals surface area (Å²) in [6.07, 6.45) is 3.30. The molecule has 0 aromatic heterocycles. The maximum Gasteiger partial charge on any atom is 0.338 e. The Balaban J connectivity index is 2.40. The number of phenolic OH excluding ortho intramolecular Hbond substituents is 1. The lowest BCUT2D eigenvalue weighted by atomic mass is 9.81. The maximum atomic E-state index is 12.0. The Hall–Kier alpha value is -2.30. The van der Waals surface area contributed by atoms with E-state index in [1.165, 1.54) is 12.1 Å². The van der Waals surface area contributed by atoms with Crippen molar-refractivity contribution in [1.82, 2.24) is 0 Å². The fraction of sp³-hybridized carbons (Fsp3) is 0.444. The van der Waals surface area contributed by atoms with Crippen LogP contribution in [0, 0.1) is 5.92 Å². The van der Waals surface area contributed by atoms with Crippen LogP contribution in [0.15, 0.2) is 23.8 Å². The molecule has 1 N–H and O–H groups in total. The third kappa shape index (κ3) is 3.38. The molecule has 0 spiro atoms.